The molecule has 1 heterocycles. The summed E-state index contributed by atoms with van der Waals surface area (Å²) in [6.07, 6.45) is 0.538. The number of nitrogens with zero attached hydrogens (tertiary/aromatic N) is 1. The van der Waals surface area contributed by atoms with Gasteiger partial charge < -0.3 is 9.52 Å². The zero-order chi connectivity index (χ0) is 13.3. The molecular weight excluding hydrogens is 230 g/mol. The Labute approximate surface area is 105 Å². The van der Waals surface area contributed by atoms with Gasteiger partial charge in [0.1, 0.15) is 0 Å². The average molecular weight is 245 g/mol. The molecule has 2 aromatic rings. The van der Waals surface area contributed by atoms with Crippen LogP contribution in [-0.4, -0.2) is 16.1 Å². The van der Waals surface area contributed by atoms with Crippen LogP contribution >= 0.6 is 0 Å². The molecule has 0 aliphatic rings. The molecule has 4 nitrogen and oxygen atoms in total. The summed E-state index contributed by atoms with van der Waals surface area (Å²) in [6, 6.07) is 5.92. The molecule has 0 atom stereocenters. The number of benzene rings is 1. The van der Waals surface area contributed by atoms with E-state index in [4.69, 9.17) is 9.52 Å². The molecule has 0 radical (unpaired) electrons. The van der Waals surface area contributed by atoms with Gasteiger partial charge in [0.25, 0.3) is 0 Å². The number of oxazole rings is 1. The normalized spacial score (nSPS) is 10.6. The molecule has 1 N–H and O–H groups in total. The summed E-state index contributed by atoms with van der Waals surface area (Å²) in [6.45, 7) is 5.83. The molecule has 4 heteroatoms. The number of carboxylic acids is 1. The molecule has 18 heavy (non-hydrogen) atoms. The number of aromatic nitrogens is 1. The van der Waals surface area contributed by atoms with E-state index >= 15 is 0 Å². The average Bonchev–Trinajstić information content (AvgIpc) is 2.71. The second-order valence-corrected chi connectivity index (χ2v) is 4.33. The fraction of sp³-hybridized carbons (Fsp3) is 0.286. The van der Waals surface area contributed by atoms with Crippen LogP contribution in [0.25, 0.3) is 11.5 Å². The van der Waals surface area contributed by atoms with Gasteiger partial charge in [-0.25, -0.2) is 9.78 Å². The van der Waals surface area contributed by atoms with Gasteiger partial charge in [0.2, 0.25) is 11.7 Å². The summed E-state index contributed by atoms with van der Waals surface area (Å²) in [4.78, 5) is 15.3. The van der Waals surface area contributed by atoms with Crippen molar-refractivity contribution in [2.24, 2.45) is 0 Å². The van der Waals surface area contributed by atoms with E-state index in [1.165, 1.54) is 0 Å². The fourth-order valence-corrected chi connectivity index (χ4v) is 1.98. The number of hydrogen-bond acceptors (Lipinski definition) is 3. The molecule has 1 aromatic heterocycles. The van der Waals surface area contributed by atoms with Gasteiger partial charge in [-0.05, 0) is 32.4 Å². The smallest absolute Gasteiger partial charge is 0.373 e. The van der Waals surface area contributed by atoms with Gasteiger partial charge in [0.15, 0.2) is 0 Å². The predicted octanol–water partition coefficient (Wildman–Crippen LogP) is 3.22. The molecule has 0 amide bonds. The summed E-state index contributed by atoms with van der Waals surface area (Å²) in [5.41, 5.74) is 3.49. The molecule has 0 unspecified atom stereocenters. The Bertz CT molecular complexity index is 579. The first-order valence-electron chi connectivity index (χ1n) is 5.83. The van der Waals surface area contributed by atoms with Crippen molar-refractivity contribution >= 4 is 5.97 Å². The van der Waals surface area contributed by atoms with Crippen molar-refractivity contribution in [3.05, 3.63) is 40.8 Å². The molecule has 0 aliphatic heterocycles. The second kappa shape index (κ2) is 4.64. The van der Waals surface area contributed by atoms with Gasteiger partial charge in [0.05, 0.1) is 5.69 Å². The number of rotatable bonds is 3. The maximum absolute atomic E-state index is 11.0. The lowest BCUT2D eigenvalue weighted by Gasteiger charge is -2.00. The Balaban J connectivity index is 2.54. The highest BCUT2D eigenvalue weighted by molar-refractivity contribution is 5.86. The van der Waals surface area contributed by atoms with Crippen LogP contribution in [0.1, 0.15) is 34.3 Å². The maximum Gasteiger partial charge on any atom is 0.373 e. The van der Waals surface area contributed by atoms with E-state index in [1.807, 2.05) is 39.0 Å². The van der Waals surface area contributed by atoms with Gasteiger partial charge in [-0.15, -0.1) is 0 Å². The molecule has 0 aliphatic carbocycles. The minimum atomic E-state index is -1.07. The van der Waals surface area contributed by atoms with Crippen molar-refractivity contribution < 1.29 is 14.3 Å². The monoisotopic (exact) mass is 245 g/mol. The van der Waals surface area contributed by atoms with Crippen LogP contribution in [0.2, 0.25) is 0 Å². The number of aromatic carboxylic acids is 1. The first-order chi connectivity index (χ1) is 8.51. The summed E-state index contributed by atoms with van der Waals surface area (Å²) < 4.78 is 5.35. The zero-order valence-corrected chi connectivity index (χ0v) is 10.7. The predicted molar refractivity (Wildman–Crippen MR) is 67.8 cm³/mol. The van der Waals surface area contributed by atoms with Crippen molar-refractivity contribution in [1.82, 2.24) is 4.98 Å². The Morgan fingerprint density at radius 1 is 1.28 bits per heavy atom. The molecule has 0 fully saturated rings. The highest BCUT2D eigenvalue weighted by atomic mass is 16.4. The topological polar surface area (TPSA) is 63.3 Å². The highest BCUT2D eigenvalue weighted by Crippen LogP contribution is 2.24. The minimum Gasteiger partial charge on any atom is -0.475 e. The van der Waals surface area contributed by atoms with Crippen LogP contribution in [0.3, 0.4) is 0 Å². The number of aryl methyl sites for hydroxylation is 3. The van der Waals surface area contributed by atoms with E-state index in [0.29, 0.717) is 18.0 Å². The van der Waals surface area contributed by atoms with E-state index in [-0.39, 0.29) is 5.76 Å². The quantitative estimate of drug-likeness (QED) is 0.901. The Kier molecular flexibility index (Phi) is 3.19. The van der Waals surface area contributed by atoms with E-state index in [9.17, 15) is 4.79 Å². The summed E-state index contributed by atoms with van der Waals surface area (Å²) >= 11 is 0. The first-order valence-corrected chi connectivity index (χ1v) is 5.83. The first kappa shape index (κ1) is 12.4. The van der Waals surface area contributed by atoms with Crippen molar-refractivity contribution in [3.63, 3.8) is 0 Å². The zero-order valence-electron chi connectivity index (χ0n) is 10.7. The van der Waals surface area contributed by atoms with Crippen LogP contribution < -0.4 is 0 Å². The Morgan fingerprint density at radius 2 is 1.89 bits per heavy atom. The molecule has 0 bridgehead atoms. The summed E-state index contributed by atoms with van der Waals surface area (Å²) in [5, 5.41) is 9.03. The highest BCUT2D eigenvalue weighted by Gasteiger charge is 2.19. The largest absolute Gasteiger partial charge is 0.475 e. The van der Waals surface area contributed by atoms with Crippen molar-refractivity contribution in [2.45, 2.75) is 27.2 Å². The maximum atomic E-state index is 11.0. The lowest BCUT2D eigenvalue weighted by atomic mass is 10.1. The Morgan fingerprint density at radius 3 is 2.33 bits per heavy atom. The van der Waals surface area contributed by atoms with Gasteiger partial charge in [-0.2, -0.15) is 0 Å². The van der Waals surface area contributed by atoms with Crippen LogP contribution in [0, 0.1) is 13.8 Å². The standard InChI is InChI=1S/C14H15NO3/c1-4-11-12(14(16)17)18-13(15-11)10-6-8(2)5-9(3)7-10/h5-7H,4H2,1-3H3,(H,16,17). The van der Waals surface area contributed by atoms with Gasteiger partial charge in [-0.1, -0.05) is 24.1 Å². The van der Waals surface area contributed by atoms with Crippen molar-refractivity contribution in [3.8, 4) is 11.5 Å². The van der Waals surface area contributed by atoms with Gasteiger partial charge in [-0.3, -0.25) is 0 Å². The van der Waals surface area contributed by atoms with Crippen molar-refractivity contribution in [2.75, 3.05) is 0 Å². The molecule has 94 valence electrons. The van der Waals surface area contributed by atoms with Crippen LogP contribution in [-0.2, 0) is 6.42 Å². The van der Waals surface area contributed by atoms with Gasteiger partial charge >= 0.3 is 5.97 Å². The summed E-state index contributed by atoms with van der Waals surface area (Å²) in [7, 11) is 0. The molecule has 2 rings (SSSR count). The Hall–Kier alpha value is -2.10. The van der Waals surface area contributed by atoms with Crippen LogP contribution in [0.4, 0.5) is 0 Å². The molecule has 0 saturated heterocycles. The lowest BCUT2D eigenvalue weighted by molar-refractivity contribution is 0.0662. The number of carbonyl (C=O) groups is 1. The lowest BCUT2D eigenvalue weighted by Crippen LogP contribution is -1.98. The second-order valence-electron chi connectivity index (χ2n) is 4.33. The third-order valence-electron chi connectivity index (χ3n) is 2.70. The van der Waals surface area contributed by atoms with Crippen LogP contribution in [0.15, 0.2) is 22.6 Å². The van der Waals surface area contributed by atoms with Crippen molar-refractivity contribution in [1.29, 1.82) is 0 Å². The number of carboxylic acid groups (broad SMARTS) is 1. The third-order valence-corrected chi connectivity index (χ3v) is 2.70. The van der Waals surface area contributed by atoms with E-state index in [2.05, 4.69) is 4.98 Å². The molecule has 1 aromatic carbocycles. The number of hydrogen-bond donors (Lipinski definition) is 1. The van der Waals surface area contributed by atoms with E-state index < -0.39 is 5.97 Å². The minimum absolute atomic E-state index is 0.0633. The van der Waals surface area contributed by atoms with E-state index in [1.54, 1.807) is 0 Å². The van der Waals surface area contributed by atoms with Gasteiger partial charge in [0, 0.05) is 5.56 Å². The fourth-order valence-electron chi connectivity index (χ4n) is 1.98. The van der Waals surface area contributed by atoms with E-state index in [0.717, 1.165) is 16.7 Å². The SMILES string of the molecule is CCc1nc(-c2cc(C)cc(C)c2)oc1C(=O)O. The molecule has 0 spiro atoms. The third kappa shape index (κ3) is 2.27. The molecular formula is C14H15NO3. The molecule has 0 saturated carbocycles. The summed E-state index contributed by atoms with van der Waals surface area (Å²) in [5.74, 6) is -0.766. The van der Waals surface area contributed by atoms with Crippen LogP contribution in [0.5, 0.6) is 0 Å².